The highest BCUT2D eigenvalue weighted by atomic mass is 16.4. The smallest absolute Gasteiger partial charge is 0.326 e. The standard InChI is InChI=1S/C34H40N4O4/c1-24(2)30(32(40)41)35(4)33(42)36-20-21-37(25(3)22-36)31(39)29-23-38(29)34(26-14-8-5-9-15-26,27-16-10-6-11-17-27)28-18-12-7-13-19-28/h5-19,24-25,29-30H,20-23H2,1-4H3,(H,40,41)/t25-,29+,30+,38?/m1/s1. The third-order valence-electron chi connectivity index (χ3n) is 8.69. The van der Waals surface area contributed by atoms with Gasteiger partial charge in [-0.3, -0.25) is 9.69 Å². The molecule has 0 spiro atoms. The maximum Gasteiger partial charge on any atom is 0.326 e. The van der Waals surface area contributed by atoms with Crippen molar-refractivity contribution < 1.29 is 19.5 Å². The molecule has 0 saturated carbocycles. The Morgan fingerprint density at radius 1 is 0.810 bits per heavy atom. The number of urea groups is 1. The van der Waals surface area contributed by atoms with Crippen molar-refractivity contribution in [2.45, 2.75) is 44.4 Å². The lowest BCUT2D eigenvalue weighted by Gasteiger charge is -2.43. The Balaban J connectivity index is 1.39. The topological polar surface area (TPSA) is 84.2 Å². The summed E-state index contributed by atoms with van der Waals surface area (Å²) in [5, 5.41) is 9.66. The van der Waals surface area contributed by atoms with E-state index in [1.165, 1.54) is 4.90 Å². The largest absolute Gasteiger partial charge is 0.480 e. The van der Waals surface area contributed by atoms with E-state index < -0.39 is 17.6 Å². The van der Waals surface area contributed by atoms with E-state index in [9.17, 15) is 19.5 Å². The number of carbonyl (C=O) groups excluding carboxylic acids is 2. The Morgan fingerprint density at radius 2 is 1.29 bits per heavy atom. The number of rotatable bonds is 8. The van der Waals surface area contributed by atoms with Gasteiger partial charge in [0.05, 0.1) is 5.54 Å². The molecule has 8 nitrogen and oxygen atoms in total. The fourth-order valence-corrected chi connectivity index (χ4v) is 6.65. The molecule has 0 radical (unpaired) electrons. The van der Waals surface area contributed by atoms with Crippen LogP contribution in [-0.4, -0.2) is 94.0 Å². The number of hydrogen-bond donors (Lipinski definition) is 1. The molecule has 220 valence electrons. The molecule has 2 aliphatic rings. The van der Waals surface area contributed by atoms with Crippen LogP contribution in [0.3, 0.4) is 0 Å². The second-order valence-electron chi connectivity index (χ2n) is 11.7. The molecular weight excluding hydrogens is 528 g/mol. The highest BCUT2D eigenvalue weighted by Crippen LogP contribution is 2.48. The Hall–Kier alpha value is -4.17. The zero-order valence-corrected chi connectivity index (χ0v) is 24.8. The number of benzene rings is 3. The maximum atomic E-state index is 14.1. The summed E-state index contributed by atoms with van der Waals surface area (Å²) in [5.74, 6) is -1.19. The van der Waals surface area contributed by atoms with Crippen molar-refractivity contribution in [3.8, 4) is 0 Å². The Labute approximate surface area is 248 Å². The maximum absolute atomic E-state index is 14.1. The molecule has 8 heteroatoms. The van der Waals surface area contributed by atoms with E-state index in [1.54, 1.807) is 25.8 Å². The lowest BCUT2D eigenvalue weighted by Crippen LogP contribution is -2.60. The third kappa shape index (κ3) is 5.27. The van der Waals surface area contributed by atoms with Crippen LogP contribution in [0.25, 0.3) is 0 Å². The molecule has 3 aromatic carbocycles. The lowest BCUT2D eigenvalue weighted by molar-refractivity contribution is -0.143. The molecule has 2 aliphatic heterocycles. The summed E-state index contributed by atoms with van der Waals surface area (Å²) in [5.41, 5.74) is 2.66. The average molecular weight is 569 g/mol. The summed E-state index contributed by atoms with van der Waals surface area (Å²) in [6.45, 7) is 7.27. The highest BCUT2D eigenvalue weighted by molar-refractivity contribution is 5.87. The first-order chi connectivity index (χ1) is 20.2. The van der Waals surface area contributed by atoms with Gasteiger partial charge in [-0.05, 0) is 29.5 Å². The number of carbonyl (C=O) groups is 3. The molecule has 0 aliphatic carbocycles. The van der Waals surface area contributed by atoms with Crippen molar-refractivity contribution in [1.29, 1.82) is 0 Å². The summed E-state index contributed by atoms with van der Waals surface area (Å²) in [4.78, 5) is 46.3. The van der Waals surface area contributed by atoms with Crippen molar-refractivity contribution >= 4 is 17.9 Å². The van der Waals surface area contributed by atoms with E-state index >= 15 is 0 Å². The van der Waals surface area contributed by atoms with Gasteiger partial charge in [0.15, 0.2) is 0 Å². The minimum absolute atomic E-state index is 0.0562. The van der Waals surface area contributed by atoms with E-state index in [0.717, 1.165) is 16.7 Å². The monoisotopic (exact) mass is 568 g/mol. The van der Waals surface area contributed by atoms with Crippen molar-refractivity contribution in [2.75, 3.05) is 33.2 Å². The molecule has 3 aromatic rings. The fraction of sp³-hybridized carbons (Fsp3) is 0.382. The Kier molecular flexibility index (Phi) is 8.36. The second kappa shape index (κ2) is 12.0. The molecule has 1 N–H and O–H groups in total. The van der Waals surface area contributed by atoms with Gasteiger partial charge in [-0.25, -0.2) is 9.59 Å². The number of likely N-dealkylation sites (N-methyl/N-ethyl adjacent to an activating group) is 1. The number of hydrogen-bond acceptors (Lipinski definition) is 4. The number of aliphatic carboxylic acids is 1. The van der Waals surface area contributed by atoms with Crippen LogP contribution in [0.5, 0.6) is 0 Å². The van der Waals surface area contributed by atoms with Crippen LogP contribution in [-0.2, 0) is 15.1 Å². The van der Waals surface area contributed by atoms with Crippen LogP contribution < -0.4 is 0 Å². The predicted molar refractivity (Wildman–Crippen MR) is 162 cm³/mol. The molecule has 5 rings (SSSR count). The normalized spacial score (nSPS) is 21.1. The van der Waals surface area contributed by atoms with Crippen molar-refractivity contribution in [3.63, 3.8) is 0 Å². The number of piperazine rings is 1. The quantitative estimate of drug-likeness (QED) is 0.323. The van der Waals surface area contributed by atoms with E-state index in [0.29, 0.717) is 26.2 Å². The first-order valence-electron chi connectivity index (χ1n) is 14.7. The van der Waals surface area contributed by atoms with E-state index in [2.05, 4.69) is 41.3 Å². The summed E-state index contributed by atoms with van der Waals surface area (Å²) >= 11 is 0. The first kappa shape index (κ1) is 29.3. The number of nitrogens with zero attached hydrogens (tertiary/aromatic N) is 4. The fourth-order valence-electron chi connectivity index (χ4n) is 6.65. The van der Waals surface area contributed by atoms with Crippen LogP contribution in [0.4, 0.5) is 4.79 Å². The van der Waals surface area contributed by atoms with Crippen LogP contribution in [0.15, 0.2) is 91.0 Å². The van der Waals surface area contributed by atoms with E-state index in [1.807, 2.05) is 66.4 Å². The Morgan fingerprint density at radius 3 is 1.69 bits per heavy atom. The average Bonchev–Trinajstić information content (AvgIpc) is 3.79. The molecule has 4 atom stereocenters. The SMILES string of the molecule is CC(C)[C@@H](C(=O)O)N(C)C(=O)N1CCN(C(=O)[C@@H]2CN2C(c2ccccc2)(c2ccccc2)c2ccccc2)[C@H](C)C1. The molecule has 2 heterocycles. The zero-order chi connectivity index (χ0) is 30.0. The first-order valence-corrected chi connectivity index (χ1v) is 14.7. The minimum Gasteiger partial charge on any atom is -0.480 e. The van der Waals surface area contributed by atoms with Gasteiger partial charge in [0.1, 0.15) is 12.1 Å². The second-order valence-corrected chi connectivity index (χ2v) is 11.7. The molecule has 42 heavy (non-hydrogen) atoms. The van der Waals surface area contributed by atoms with Gasteiger partial charge in [0, 0.05) is 39.3 Å². The van der Waals surface area contributed by atoms with Gasteiger partial charge in [0.2, 0.25) is 5.91 Å². The third-order valence-corrected chi connectivity index (χ3v) is 8.69. The van der Waals surface area contributed by atoms with Crippen molar-refractivity contribution in [1.82, 2.24) is 19.6 Å². The minimum atomic E-state index is -1.02. The summed E-state index contributed by atoms with van der Waals surface area (Å²) in [6.07, 6.45) is 0. The van der Waals surface area contributed by atoms with Gasteiger partial charge >= 0.3 is 12.0 Å². The van der Waals surface area contributed by atoms with Gasteiger partial charge in [-0.2, -0.15) is 0 Å². The molecule has 1 unspecified atom stereocenters. The summed E-state index contributed by atoms with van der Waals surface area (Å²) < 4.78 is 0. The van der Waals surface area contributed by atoms with Gasteiger partial charge in [-0.15, -0.1) is 0 Å². The van der Waals surface area contributed by atoms with Crippen LogP contribution >= 0.6 is 0 Å². The lowest BCUT2D eigenvalue weighted by atomic mass is 9.76. The van der Waals surface area contributed by atoms with Gasteiger partial charge in [-0.1, -0.05) is 105 Å². The van der Waals surface area contributed by atoms with E-state index in [-0.39, 0.29) is 29.9 Å². The van der Waals surface area contributed by atoms with Crippen LogP contribution in [0.2, 0.25) is 0 Å². The molecule has 3 amide bonds. The van der Waals surface area contributed by atoms with Crippen molar-refractivity contribution in [3.05, 3.63) is 108 Å². The van der Waals surface area contributed by atoms with Crippen LogP contribution in [0, 0.1) is 5.92 Å². The Bertz CT molecular complexity index is 1300. The molecule has 0 bridgehead atoms. The summed E-state index contributed by atoms with van der Waals surface area (Å²) in [6, 6.07) is 29.3. The molecule has 2 fully saturated rings. The number of carboxylic acids is 1. The zero-order valence-electron chi connectivity index (χ0n) is 24.8. The van der Waals surface area contributed by atoms with Gasteiger partial charge in [0.25, 0.3) is 0 Å². The van der Waals surface area contributed by atoms with Crippen molar-refractivity contribution in [2.24, 2.45) is 5.92 Å². The van der Waals surface area contributed by atoms with Gasteiger partial charge < -0.3 is 19.8 Å². The van der Waals surface area contributed by atoms with Crippen LogP contribution in [0.1, 0.15) is 37.5 Å². The molecule has 0 aromatic heterocycles. The van der Waals surface area contributed by atoms with E-state index in [4.69, 9.17) is 0 Å². The molecular formula is C34H40N4O4. The highest BCUT2D eigenvalue weighted by Gasteiger charge is 2.57. The predicted octanol–water partition coefficient (Wildman–Crippen LogP) is 4.36. The number of amides is 3. The molecule has 2 saturated heterocycles. The number of carboxylic acid groups (broad SMARTS) is 1. The summed E-state index contributed by atoms with van der Waals surface area (Å²) in [7, 11) is 1.54.